The molecule has 0 amide bonds. The Balaban J connectivity index is 1.21. The highest BCUT2D eigenvalue weighted by Gasteiger charge is 2.32. The van der Waals surface area contributed by atoms with Crippen molar-refractivity contribution in [1.29, 1.82) is 0 Å². The van der Waals surface area contributed by atoms with Crippen molar-refractivity contribution in [2.24, 2.45) is 9.98 Å². The second kappa shape index (κ2) is 12.9. The molecule has 0 radical (unpaired) electrons. The molecule has 0 saturated carbocycles. The van der Waals surface area contributed by atoms with Crippen molar-refractivity contribution in [2.75, 3.05) is 0 Å². The third-order valence-corrected chi connectivity index (χ3v) is 12.5. The van der Waals surface area contributed by atoms with Crippen LogP contribution >= 0.6 is 0 Å². The topological polar surface area (TPSA) is 63.4 Å². The van der Waals surface area contributed by atoms with Crippen molar-refractivity contribution >= 4 is 11.4 Å². The summed E-state index contributed by atoms with van der Waals surface area (Å²) >= 11 is 0. The molecule has 2 aliphatic heterocycles. The fourth-order valence-corrected chi connectivity index (χ4v) is 9.71. The molecule has 1 aliphatic carbocycles. The molecule has 0 spiro atoms. The Morgan fingerprint density at radius 2 is 1.12 bits per heavy atom. The Hall–Kier alpha value is -7.63. The number of benzene rings is 8. The second-order valence-electron chi connectivity index (χ2n) is 15.7. The summed E-state index contributed by atoms with van der Waals surface area (Å²) in [7, 11) is 0. The predicted octanol–water partition coefficient (Wildman–Crippen LogP) is 11.9. The summed E-state index contributed by atoms with van der Waals surface area (Å²) < 4.78 is 0. The van der Waals surface area contributed by atoms with E-state index in [1.165, 1.54) is 44.5 Å². The summed E-state index contributed by atoms with van der Waals surface area (Å²) in [4.78, 5) is 10.7. The number of para-hydroxylation sites is 1. The van der Waals surface area contributed by atoms with Crippen LogP contribution in [0.25, 0.3) is 78.1 Å². The Morgan fingerprint density at radius 1 is 0.424 bits per heavy atom. The van der Waals surface area contributed by atoms with Gasteiger partial charge in [-0.3, -0.25) is 0 Å². The molecule has 0 unspecified atom stereocenters. The zero-order chi connectivity index (χ0) is 39.2. The van der Waals surface area contributed by atoms with E-state index < -0.39 is 0 Å². The lowest BCUT2D eigenvalue weighted by molar-refractivity contribution is 0.879. The maximum absolute atomic E-state index is 5.34. The number of rotatable bonds is 5. The lowest BCUT2D eigenvalue weighted by Crippen LogP contribution is -2.04. The number of aromatic nitrogens is 3. The minimum absolute atomic E-state index is 0.772. The molecule has 276 valence electrons. The predicted molar refractivity (Wildman–Crippen MR) is 236 cm³/mol. The van der Waals surface area contributed by atoms with Crippen LogP contribution in [0.4, 0.5) is 11.4 Å². The number of hydrogen-bond donors (Lipinski definition) is 0. The first-order chi connectivity index (χ1) is 29.1. The van der Waals surface area contributed by atoms with Gasteiger partial charge in [-0.15, -0.1) is 10.2 Å². The van der Waals surface area contributed by atoms with Crippen LogP contribution in [-0.2, 0) is 6.42 Å². The van der Waals surface area contributed by atoms with E-state index in [2.05, 4.69) is 159 Å². The second-order valence-corrected chi connectivity index (χ2v) is 15.7. The normalized spacial score (nSPS) is 12.4. The zero-order valence-corrected chi connectivity index (χ0v) is 32.5. The molecule has 1 aromatic heterocycles. The molecule has 0 atom stereocenters. The van der Waals surface area contributed by atoms with Gasteiger partial charge in [0.2, 0.25) is 0 Å². The van der Waals surface area contributed by atoms with E-state index in [4.69, 9.17) is 20.2 Å². The van der Waals surface area contributed by atoms with E-state index in [0.717, 1.165) is 94.8 Å². The largest absolute Gasteiger partial charge is 0.248 e. The van der Waals surface area contributed by atoms with Crippen molar-refractivity contribution in [1.82, 2.24) is 15.4 Å². The summed E-state index contributed by atoms with van der Waals surface area (Å²) in [5, 5.41) is 18.3. The number of hydrogen-bond acceptors (Lipinski definition) is 5. The van der Waals surface area contributed by atoms with Crippen molar-refractivity contribution in [3.8, 4) is 78.1 Å². The van der Waals surface area contributed by atoms with Gasteiger partial charge in [-0.05, 0) is 105 Å². The van der Waals surface area contributed by atoms with E-state index in [1.807, 2.05) is 24.3 Å². The van der Waals surface area contributed by atoms with Crippen LogP contribution in [0, 0.1) is 24.3 Å². The first-order valence-corrected chi connectivity index (χ1v) is 20.2. The molecule has 0 fully saturated rings. The van der Waals surface area contributed by atoms with Crippen LogP contribution in [0.3, 0.4) is 0 Å². The Labute approximate surface area is 341 Å². The minimum Gasteiger partial charge on any atom is -0.248 e. The zero-order valence-electron chi connectivity index (χ0n) is 32.5. The molecule has 0 bridgehead atoms. The fraction of sp³-hybridized carbons (Fsp3) is 0.0556. The van der Waals surface area contributed by atoms with E-state index >= 15 is 0 Å². The molecule has 59 heavy (non-hydrogen) atoms. The fourth-order valence-electron chi connectivity index (χ4n) is 9.71. The Bertz CT molecular complexity index is 3480. The van der Waals surface area contributed by atoms with Gasteiger partial charge in [-0.25, -0.2) is 9.98 Å². The van der Waals surface area contributed by atoms with Crippen molar-refractivity contribution in [3.63, 3.8) is 0 Å². The first-order valence-electron chi connectivity index (χ1n) is 20.2. The van der Waals surface area contributed by atoms with Gasteiger partial charge in [-0.2, -0.15) is 0 Å². The number of aryl methyl sites for hydroxylation is 1. The third-order valence-electron chi connectivity index (χ3n) is 12.5. The molecule has 3 heterocycles. The van der Waals surface area contributed by atoms with Crippen molar-refractivity contribution in [3.05, 3.63) is 207 Å². The van der Waals surface area contributed by atoms with Gasteiger partial charge >= 0.3 is 0 Å². The third kappa shape index (κ3) is 5.01. The molecule has 0 saturated heterocycles. The maximum atomic E-state index is 5.34. The SMILES string of the molecule is Cc1cc2c(c(-c3ccc4c(c3-c3ccccc3-c3nnnc(-c5ccccc5)c3-c3ccccc3)-c3c5c(ccc3=N4)=c3ccccc3=N5)c1C)Cc1ccccc1-2. The molecular formula is C54H35N5. The Kier molecular flexibility index (Phi) is 7.35. The van der Waals surface area contributed by atoms with Gasteiger partial charge in [0.15, 0.2) is 0 Å². The van der Waals surface area contributed by atoms with Crippen LogP contribution in [0.5, 0.6) is 0 Å². The highest BCUT2D eigenvalue weighted by molar-refractivity contribution is 6.08. The molecule has 3 aliphatic rings. The minimum atomic E-state index is 0.772. The van der Waals surface area contributed by atoms with Gasteiger partial charge in [0, 0.05) is 43.8 Å². The molecule has 0 N–H and O–H groups in total. The maximum Gasteiger partial charge on any atom is 0.105 e. The van der Waals surface area contributed by atoms with Crippen LogP contribution in [-0.4, -0.2) is 15.4 Å². The monoisotopic (exact) mass is 753 g/mol. The standard InChI is InChI=1S/C54H35N5/c1-31-29-42-36-20-10-9-19-35(36)30-43(42)47(32(31)2)41-26-28-45-50(51-46(55-45)27-25-40-37-21-13-14-24-44(37)56-53(40)51)49(41)38-22-11-12-23-39(38)54-48(33-15-5-3-6-16-33)52(57-59-58-54)34-17-7-4-8-18-34/h3-29H,30H2,1-2H3. The van der Waals surface area contributed by atoms with Gasteiger partial charge in [0.1, 0.15) is 11.4 Å². The highest BCUT2D eigenvalue weighted by Crippen LogP contribution is 2.54. The quantitative estimate of drug-likeness (QED) is 0.176. The average molecular weight is 754 g/mol. The first kappa shape index (κ1) is 33.5. The highest BCUT2D eigenvalue weighted by atomic mass is 15.3. The van der Waals surface area contributed by atoms with Crippen LogP contribution in [0.1, 0.15) is 22.3 Å². The van der Waals surface area contributed by atoms with E-state index in [1.54, 1.807) is 0 Å². The molecule has 5 heteroatoms. The van der Waals surface area contributed by atoms with Crippen LogP contribution in [0.15, 0.2) is 174 Å². The molecule has 12 rings (SSSR count). The van der Waals surface area contributed by atoms with Gasteiger partial charge in [0.25, 0.3) is 0 Å². The lowest BCUT2D eigenvalue weighted by atomic mass is 9.80. The number of nitrogens with zero attached hydrogens (tertiary/aromatic N) is 5. The summed E-state index contributed by atoms with van der Waals surface area (Å²) in [6.07, 6.45) is 0.871. The van der Waals surface area contributed by atoms with E-state index in [0.29, 0.717) is 0 Å². The summed E-state index contributed by atoms with van der Waals surface area (Å²) in [5.74, 6) is 0. The number of fused-ring (bicyclic) bond motifs is 9. The smallest absolute Gasteiger partial charge is 0.105 e. The molecule has 5 nitrogen and oxygen atoms in total. The van der Waals surface area contributed by atoms with Gasteiger partial charge in [0.05, 0.1) is 22.1 Å². The van der Waals surface area contributed by atoms with Crippen molar-refractivity contribution in [2.45, 2.75) is 20.3 Å². The van der Waals surface area contributed by atoms with Crippen LogP contribution < -0.4 is 10.7 Å². The average Bonchev–Trinajstić information content (AvgIpc) is 3.98. The van der Waals surface area contributed by atoms with Gasteiger partial charge < -0.3 is 0 Å². The summed E-state index contributed by atoms with van der Waals surface area (Å²) in [6, 6.07) is 58.0. The molecule has 9 aromatic rings. The molecular weight excluding hydrogens is 719 g/mol. The van der Waals surface area contributed by atoms with E-state index in [-0.39, 0.29) is 0 Å². The summed E-state index contributed by atoms with van der Waals surface area (Å²) in [5.41, 5.74) is 22.1. The van der Waals surface area contributed by atoms with Gasteiger partial charge in [-0.1, -0.05) is 140 Å². The Morgan fingerprint density at radius 3 is 1.95 bits per heavy atom. The van der Waals surface area contributed by atoms with E-state index in [9.17, 15) is 0 Å². The summed E-state index contributed by atoms with van der Waals surface area (Å²) in [6.45, 7) is 4.53. The lowest BCUT2D eigenvalue weighted by Gasteiger charge is -2.23. The van der Waals surface area contributed by atoms with Crippen LogP contribution in [0.2, 0.25) is 0 Å². The molecule has 8 aromatic carbocycles. The van der Waals surface area contributed by atoms with Crippen molar-refractivity contribution < 1.29 is 0 Å².